The molecule has 0 unspecified atom stereocenters. The molecule has 0 radical (unpaired) electrons. The molecule has 1 aromatic heterocycles. The van der Waals surface area contributed by atoms with Crippen LogP contribution in [-0.2, 0) is 16.9 Å². The van der Waals surface area contributed by atoms with E-state index in [1.165, 1.54) is 0 Å². The Kier molecular flexibility index (Phi) is 12.9. The predicted octanol–water partition coefficient (Wildman–Crippen LogP) is 4.16. The molecule has 0 bridgehead atoms. The monoisotopic (exact) mass is 697 g/mol. The number of urea groups is 1. The highest BCUT2D eigenvalue weighted by Gasteiger charge is 2.48. The largest absolute Gasteiger partial charge is 0.490 e. The highest BCUT2D eigenvalue weighted by molar-refractivity contribution is 6.31. The van der Waals surface area contributed by atoms with E-state index in [-0.39, 0.29) is 5.92 Å². The van der Waals surface area contributed by atoms with Crippen molar-refractivity contribution in [3.8, 4) is 16.9 Å². The maximum atomic E-state index is 12.3. The zero-order valence-electron chi connectivity index (χ0n) is 27.8. The fourth-order valence-electron chi connectivity index (χ4n) is 5.96. The molecule has 2 amide bonds. The minimum absolute atomic E-state index is 0.237. The highest BCUT2D eigenvalue weighted by Crippen LogP contribution is 2.53. The molecule has 12 heteroatoms. The Morgan fingerprint density at radius 1 is 1.02 bits per heavy atom. The Morgan fingerprint density at radius 2 is 1.80 bits per heavy atom. The van der Waals surface area contributed by atoms with Crippen molar-refractivity contribution in [3.63, 3.8) is 0 Å². The SMILES string of the molecule is C[C@@H](CCCCNC(=O)N[C@@H](CO)[C@@H](O)[C@H](O)[C@H](O)CO)c1ccc(Cl)c(COC2(c3cnccc3-c3ccccc3OC3CC3)CC2)c1. The van der Waals surface area contributed by atoms with Gasteiger partial charge in [-0.15, -0.1) is 0 Å². The number of nitrogens with one attached hydrogen (secondary N) is 2. The summed E-state index contributed by atoms with van der Waals surface area (Å²) in [7, 11) is 0. The van der Waals surface area contributed by atoms with E-state index in [0.717, 1.165) is 72.1 Å². The van der Waals surface area contributed by atoms with Gasteiger partial charge in [-0.3, -0.25) is 4.98 Å². The number of carbonyl (C=O) groups excluding carboxylic acids is 1. The molecular weight excluding hydrogens is 650 g/mol. The van der Waals surface area contributed by atoms with Crippen LogP contribution in [0.2, 0.25) is 5.02 Å². The lowest BCUT2D eigenvalue weighted by Gasteiger charge is -2.28. The summed E-state index contributed by atoms with van der Waals surface area (Å²) in [5.74, 6) is 1.13. The fraction of sp³-hybridized carbons (Fsp3) is 0.514. The van der Waals surface area contributed by atoms with Crippen LogP contribution < -0.4 is 15.4 Å². The fourth-order valence-corrected chi connectivity index (χ4v) is 6.13. The summed E-state index contributed by atoms with van der Waals surface area (Å²) < 4.78 is 12.9. The van der Waals surface area contributed by atoms with E-state index in [0.29, 0.717) is 30.7 Å². The summed E-state index contributed by atoms with van der Waals surface area (Å²) in [5, 5.41) is 53.7. The van der Waals surface area contributed by atoms with E-state index in [2.05, 4.69) is 34.7 Å². The first-order chi connectivity index (χ1) is 23.7. The molecule has 2 aromatic carbocycles. The topological polar surface area (TPSA) is 174 Å². The number of carbonyl (C=O) groups is 1. The Hall–Kier alpha value is -3.29. The average Bonchev–Trinajstić information content (AvgIpc) is 4.07. The molecule has 0 spiro atoms. The number of hydrogen-bond acceptors (Lipinski definition) is 9. The summed E-state index contributed by atoms with van der Waals surface area (Å²) in [6.45, 7) is 1.45. The van der Waals surface area contributed by atoms with E-state index in [1.807, 2.05) is 48.8 Å². The van der Waals surface area contributed by atoms with E-state index in [1.54, 1.807) is 0 Å². The van der Waals surface area contributed by atoms with Gasteiger partial charge in [0.1, 0.15) is 24.1 Å². The molecule has 3 aromatic rings. The number of unbranched alkanes of at least 4 members (excludes halogenated alkanes) is 1. The van der Waals surface area contributed by atoms with Gasteiger partial charge in [0.05, 0.1) is 37.6 Å². The smallest absolute Gasteiger partial charge is 0.315 e. The minimum Gasteiger partial charge on any atom is -0.490 e. The third kappa shape index (κ3) is 9.70. The third-order valence-electron chi connectivity index (χ3n) is 9.36. The molecule has 1 heterocycles. The quantitative estimate of drug-likeness (QED) is 0.0908. The Morgan fingerprint density at radius 3 is 2.51 bits per heavy atom. The van der Waals surface area contributed by atoms with Crippen molar-refractivity contribution in [1.82, 2.24) is 15.6 Å². The molecule has 0 aliphatic heterocycles. The Balaban J connectivity index is 1.12. The molecule has 0 saturated heterocycles. The number of rotatable bonds is 19. The summed E-state index contributed by atoms with van der Waals surface area (Å²) in [6, 6.07) is 14.4. The first-order valence-corrected chi connectivity index (χ1v) is 17.5. The number of amides is 2. The first-order valence-electron chi connectivity index (χ1n) is 17.1. The van der Waals surface area contributed by atoms with Gasteiger partial charge in [-0.1, -0.05) is 55.3 Å². The van der Waals surface area contributed by atoms with Gasteiger partial charge in [-0.2, -0.15) is 0 Å². The molecule has 266 valence electrons. The van der Waals surface area contributed by atoms with Crippen molar-refractivity contribution >= 4 is 17.6 Å². The van der Waals surface area contributed by atoms with Gasteiger partial charge in [0, 0.05) is 35.1 Å². The zero-order chi connectivity index (χ0) is 35.0. The van der Waals surface area contributed by atoms with Gasteiger partial charge < -0.3 is 45.6 Å². The van der Waals surface area contributed by atoms with Crippen molar-refractivity contribution in [1.29, 1.82) is 0 Å². The Labute approximate surface area is 292 Å². The average molecular weight is 698 g/mol. The molecular formula is C37H48ClN3O8. The molecule has 2 aliphatic rings. The minimum atomic E-state index is -1.73. The van der Waals surface area contributed by atoms with E-state index in [9.17, 15) is 25.2 Å². The number of halogens is 1. The number of aliphatic hydroxyl groups is 5. The first kappa shape index (κ1) is 37.0. The summed E-state index contributed by atoms with van der Waals surface area (Å²) in [4.78, 5) is 16.7. The van der Waals surface area contributed by atoms with Gasteiger partial charge in [0.2, 0.25) is 0 Å². The molecule has 5 atom stereocenters. The third-order valence-corrected chi connectivity index (χ3v) is 9.73. The lowest BCUT2D eigenvalue weighted by molar-refractivity contribution is -0.0902. The standard InChI is InChI=1S/C37H48ClN3O8/c1-23(6-4-5-16-40-36(47)41-31(20-42)34(45)35(46)32(44)21-43)24-9-12-30(38)25(18-24)22-48-37(14-15-37)29-19-39-17-13-27(29)28-7-2-3-8-33(28)49-26-10-11-26/h2-3,7-9,12-13,17-19,23,26,31-32,34-35,42-46H,4-6,10-11,14-16,20-22H2,1H3,(H2,40,41,47)/t23-,31-,32+,34+,35+/m0/s1. The number of benzene rings is 2. The summed E-state index contributed by atoms with van der Waals surface area (Å²) >= 11 is 6.66. The van der Waals surface area contributed by atoms with Crippen LogP contribution in [-0.4, -0.2) is 86.8 Å². The zero-order valence-corrected chi connectivity index (χ0v) is 28.6. The normalized spacial score (nSPS) is 18.2. The van der Waals surface area contributed by atoms with Crippen LogP contribution in [0.1, 0.15) is 74.5 Å². The van der Waals surface area contributed by atoms with E-state index < -0.39 is 49.2 Å². The second-order valence-electron chi connectivity index (χ2n) is 13.2. The Bertz CT molecular complexity index is 1530. The van der Waals surface area contributed by atoms with Crippen molar-refractivity contribution in [2.24, 2.45) is 0 Å². The summed E-state index contributed by atoms with van der Waals surface area (Å²) in [5.41, 5.74) is 4.83. The van der Waals surface area contributed by atoms with E-state index in [4.69, 9.17) is 26.2 Å². The molecule has 7 N–H and O–H groups in total. The molecule has 49 heavy (non-hydrogen) atoms. The van der Waals surface area contributed by atoms with Gasteiger partial charge in [-0.05, 0) is 79.3 Å². The number of nitrogens with zero attached hydrogens (tertiary/aromatic N) is 1. The number of para-hydroxylation sites is 1. The maximum Gasteiger partial charge on any atom is 0.315 e. The van der Waals surface area contributed by atoms with Crippen LogP contribution in [0.3, 0.4) is 0 Å². The molecule has 5 rings (SSSR count). The van der Waals surface area contributed by atoms with Crippen LogP contribution in [0.15, 0.2) is 60.9 Å². The lowest BCUT2D eigenvalue weighted by Crippen LogP contribution is -2.56. The van der Waals surface area contributed by atoms with Crippen molar-refractivity contribution in [3.05, 3.63) is 82.6 Å². The lowest BCUT2D eigenvalue weighted by atomic mass is 9.94. The number of hydrogen-bond donors (Lipinski definition) is 7. The van der Waals surface area contributed by atoms with Crippen molar-refractivity contribution in [2.45, 2.75) is 100 Å². The van der Waals surface area contributed by atoms with Crippen LogP contribution in [0.25, 0.3) is 11.1 Å². The van der Waals surface area contributed by atoms with E-state index >= 15 is 0 Å². The molecule has 2 aliphatic carbocycles. The van der Waals surface area contributed by atoms with Crippen LogP contribution in [0.4, 0.5) is 4.79 Å². The summed E-state index contributed by atoms with van der Waals surface area (Å²) in [6.07, 6.45) is 5.41. The second-order valence-corrected chi connectivity index (χ2v) is 13.6. The molecule has 2 fully saturated rings. The molecule has 11 nitrogen and oxygen atoms in total. The number of aromatic nitrogens is 1. The van der Waals surface area contributed by atoms with Gasteiger partial charge in [0.25, 0.3) is 0 Å². The number of ether oxygens (including phenoxy) is 2. The number of aliphatic hydroxyl groups excluding tert-OH is 5. The maximum absolute atomic E-state index is 12.3. The van der Waals surface area contributed by atoms with Gasteiger partial charge >= 0.3 is 6.03 Å². The predicted molar refractivity (Wildman–Crippen MR) is 185 cm³/mol. The van der Waals surface area contributed by atoms with Crippen LogP contribution in [0, 0.1) is 0 Å². The second kappa shape index (κ2) is 17.1. The number of pyridine rings is 1. The van der Waals surface area contributed by atoms with Crippen LogP contribution >= 0.6 is 11.6 Å². The van der Waals surface area contributed by atoms with Gasteiger partial charge in [0.15, 0.2) is 0 Å². The van der Waals surface area contributed by atoms with Gasteiger partial charge in [-0.25, -0.2) is 4.79 Å². The highest BCUT2D eigenvalue weighted by atomic mass is 35.5. The van der Waals surface area contributed by atoms with Crippen LogP contribution in [0.5, 0.6) is 5.75 Å². The molecule has 2 saturated carbocycles. The van der Waals surface area contributed by atoms with Crippen molar-refractivity contribution < 1.29 is 39.8 Å². The van der Waals surface area contributed by atoms with Crippen molar-refractivity contribution in [2.75, 3.05) is 19.8 Å².